The van der Waals surface area contributed by atoms with Crippen molar-refractivity contribution in [1.82, 2.24) is 10.3 Å². The van der Waals surface area contributed by atoms with E-state index >= 15 is 0 Å². The van der Waals surface area contributed by atoms with Crippen LogP contribution in [0.2, 0.25) is 10.0 Å². The lowest BCUT2D eigenvalue weighted by molar-refractivity contribution is 0.357. The van der Waals surface area contributed by atoms with Crippen molar-refractivity contribution in [2.24, 2.45) is 11.8 Å². The number of pyridine rings is 1. The standard InChI is InChI=1S/C31H30Cl2N4OS/c1-19-15-20(2)18-36(17-19)26-11-10-23(16-24(26)33)37-30(29(35-31(37)39)25-5-3-4-14-34-25)28-13-12-27(38-28)21-6-8-22(32)9-7-21/h3-14,16,19-20,29-30H,15,17-18H2,1-2H3,(H,35,39)/t19-,20-,29+,30+/m1/s1. The molecule has 5 nitrogen and oxygen atoms in total. The molecule has 0 unspecified atom stereocenters. The van der Waals surface area contributed by atoms with Crippen molar-refractivity contribution in [2.75, 3.05) is 22.9 Å². The summed E-state index contributed by atoms with van der Waals surface area (Å²) in [7, 11) is 0. The molecule has 4 aromatic rings. The van der Waals surface area contributed by atoms with Crippen LogP contribution in [0.15, 0.2) is 83.4 Å². The first-order valence-electron chi connectivity index (χ1n) is 13.3. The number of nitrogens with one attached hydrogen (secondary N) is 1. The van der Waals surface area contributed by atoms with E-state index in [2.05, 4.69) is 46.1 Å². The van der Waals surface area contributed by atoms with Gasteiger partial charge in [0, 0.05) is 35.6 Å². The number of nitrogens with zero attached hydrogens (tertiary/aromatic N) is 3. The Morgan fingerprint density at radius 1 is 0.949 bits per heavy atom. The zero-order valence-electron chi connectivity index (χ0n) is 21.9. The Kier molecular flexibility index (Phi) is 7.27. The highest BCUT2D eigenvalue weighted by Gasteiger charge is 2.43. The predicted octanol–water partition coefficient (Wildman–Crippen LogP) is 8.31. The molecule has 0 amide bonds. The zero-order valence-corrected chi connectivity index (χ0v) is 24.2. The molecule has 4 atom stereocenters. The molecule has 200 valence electrons. The van der Waals surface area contributed by atoms with Crippen molar-refractivity contribution in [1.29, 1.82) is 0 Å². The lowest BCUT2D eigenvalue weighted by Crippen LogP contribution is -2.38. The van der Waals surface area contributed by atoms with Gasteiger partial charge in [-0.25, -0.2) is 0 Å². The largest absolute Gasteiger partial charge is 0.459 e. The Morgan fingerprint density at radius 3 is 2.41 bits per heavy atom. The first kappa shape index (κ1) is 26.2. The molecule has 2 saturated heterocycles. The molecule has 2 aromatic carbocycles. The molecule has 39 heavy (non-hydrogen) atoms. The van der Waals surface area contributed by atoms with E-state index in [-0.39, 0.29) is 12.1 Å². The molecule has 2 aromatic heterocycles. The highest BCUT2D eigenvalue weighted by atomic mass is 35.5. The van der Waals surface area contributed by atoms with Gasteiger partial charge in [-0.15, -0.1) is 0 Å². The number of thiocarbonyl (C=S) groups is 1. The van der Waals surface area contributed by atoms with Gasteiger partial charge in [0.1, 0.15) is 17.6 Å². The highest BCUT2D eigenvalue weighted by Crippen LogP contribution is 2.44. The average molecular weight is 578 g/mol. The summed E-state index contributed by atoms with van der Waals surface area (Å²) in [6.45, 7) is 6.64. The van der Waals surface area contributed by atoms with Gasteiger partial charge in [0.15, 0.2) is 5.11 Å². The van der Waals surface area contributed by atoms with Crippen LogP contribution < -0.4 is 15.1 Å². The summed E-state index contributed by atoms with van der Waals surface area (Å²) >= 11 is 19.0. The van der Waals surface area contributed by atoms with Crippen LogP contribution in [0.1, 0.15) is 43.8 Å². The Bertz CT molecular complexity index is 1470. The van der Waals surface area contributed by atoms with Crippen molar-refractivity contribution in [3.05, 3.63) is 100 Å². The summed E-state index contributed by atoms with van der Waals surface area (Å²) < 4.78 is 6.46. The first-order valence-corrected chi connectivity index (χ1v) is 14.4. The molecule has 2 aliphatic heterocycles. The topological polar surface area (TPSA) is 44.5 Å². The SMILES string of the molecule is C[C@@H]1C[C@@H](C)CN(c2ccc(N3C(=S)N[C@@H](c4ccccn4)[C@@H]3c3ccc(-c4ccc(Cl)cc4)o3)cc2Cl)C1. The monoisotopic (exact) mass is 576 g/mol. The van der Waals surface area contributed by atoms with Gasteiger partial charge in [0.05, 0.1) is 22.4 Å². The van der Waals surface area contributed by atoms with Gasteiger partial charge >= 0.3 is 0 Å². The fourth-order valence-corrected chi connectivity index (χ4v) is 6.73. The quantitative estimate of drug-likeness (QED) is 0.241. The van der Waals surface area contributed by atoms with Gasteiger partial charge in [0.2, 0.25) is 0 Å². The molecule has 4 heterocycles. The zero-order chi connectivity index (χ0) is 27.1. The van der Waals surface area contributed by atoms with Gasteiger partial charge in [-0.1, -0.05) is 43.1 Å². The number of aromatic nitrogens is 1. The number of benzene rings is 2. The molecule has 0 radical (unpaired) electrons. The molecule has 2 aliphatic rings. The predicted molar refractivity (Wildman–Crippen MR) is 164 cm³/mol. The third-order valence-electron chi connectivity index (χ3n) is 7.56. The third-order valence-corrected chi connectivity index (χ3v) is 8.43. The number of halogens is 2. The molecule has 0 saturated carbocycles. The van der Waals surface area contributed by atoms with Crippen molar-refractivity contribution in [3.63, 3.8) is 0 Å². The van der Waals surface area contributed by atoms with Crippen molar-refractivity contribution in [3.8, 4) is 11.3 Å². The summed E-state index contributed by atoms with van der Waals surface area (Å²) in [5.74, 6) is 2.82. The fraction of sp³-hybridized carbons (Fsp3) is 0.290. The maximum absolute atomic E-state index is 6.95. The lowest BCUT2D eigenvalue weighted by Gasteiger charge is -2.37. The molecule has 0 aliphatic carbocycles. The molecule has 2 fully saturated rings. The van der Waals surface area contributed by atoms with Gasteiger partial charge in [-0.2, -0.15) is 0 Å². The van der Waals surface area contributed by atoms with Gasteiger partial charge in [0.25, 0.3) is 0 Å². The average Bonchev–Trinajstić information content (AvgIpc) is 3.53. The maximum atomic E-state index is 6.95. The summed E-state index contributed by atoms with van der Waals surface area (Å²) in [5.41, 5.74) is 3.82. The van der Waals surface area contributed by atoms with Crippen LogP contribution in [0, 0.1) is 11.8 Å². The van der Waals surface area contributed by atoms with E-state index in [9.17, 15) is 0 Å². The number of hydrogen-bond acceptors (Lipinski definition) is 4. The smallest absolute Gasteiger partial charge is 0.174 e. The summed E-state index contributed by atoms with van der Waals surface area (Å²) in [6.07, 6.45) is 3.05. The van der Waals surface area contributed by atoms with E-state index in [1.807, 2.05) is 60.7 Å². The Balaban J connectivity index is 1.38. The lowest BCUT2D eigenvalue weighted by atomic mass is 9.91. The summed E-state index contributed by atoms with van der Waals surface area (Å²) in [6, 6.07) is 23.3. The van der Waals surface area contributed by atoms with Gasteiger partial charge in [-0.3, -0.25) is 4.98 Å². The van der Waals surface area contributed by atoms with Crippen molar-refractivity contribution >= 4 is 51.9 Å². The number of piperidine rings is 1. The molecular formula is C31H30Cl2N4OS. The van der Waals surface area contributed by atoms with Crippen molar-refractivity contribution in [2.45, 2.75) is 32.4 Å². The minimum absolute atomic E-state index is 0.204. The van der Waals surface area contributed by atoms with E-state index in [0.717, 1.165) is 52.3 Å². The van der Waals surface area contributed by atoms with Crippen LogP contribution in [0.4, 0.5) is 11.4 Å². The fourth-order valence-electron chi connectivity index (χ4n) is 5.96. The normalized spacial score (nSPS) is 23.2. The Labute approximate surface area is 244 Å². The van der Waals surface area contributed by atoms with E-state index in [0.29, 0.717) is 22.0 Å². The van der Waals surface area contributed by atoms with E-state index in [4.69, 9.17) is 39.8 Å². The third kappa shape index (κ3) is 5.25. The van der Waals surface area contributed by atoms with Crippen LogP contribution in [0.3, 0.4) is 0 Å². The molecule has 1 N–H and O–H groups in total. The molecule has 8 heteroatoms. The van der Waals surface area contributed by atoms with Gasteiger partial charge in [-0.05, 0) is 97.2 Å². The number of anilines is 2. The second-order valence-electron chi connectivity index (χ2n) is 10.7. The molecular weight excluding hydrogens is 547 g/mol. The maximum Gasteiger partial charge on any atom is 0.174 e. The van der Waals surface area contributed by atoms with Gasteiger partial charge < -0.3 is 19.5 Å². The van der Waals surface area contributed by atoms with Crippen LogP contribution in [-0.4, -0.2) is 23.2 Å². The van der Waals surface area contributed by atoms with Crippen LogP contribution in [0.25, 0.3) is 11.3 Å². The Morgan fingerprint density at radius 2 is 1.72 bits per heavy atom. The Hall–Kier alpha value is -3.06. The second kappa shape index (κ2) is 10.8. The second-order valence-corrected chi connectivity index (χ2v) is 11.9. The number of hydrogen-bond donors (Lipinski definition) is 1. The van der Waals surface area contributed by atoms with Crippen molar-refractivity contribution < 1.29 is 4.42 Å². The minimum atomic E-state index is -0.259. The first-order chi connectivity index (χ1) is 18.9. The minimum Gasteiger partial charge on any atom is -0.459 e. The number of furan rings is 1. The van der Waals surface area contributed by atoms with E-state index < -0.39 is 0 Å². The van der Waals surface area contributed by atoms with Crippen LogP contribution in [-0.2, 0) is 0 Å². The molecule has 0 bridgehead atoms. The highest BCUT2D eigenvalue weighted by molar-refractivity contribution is 7.80. The summed E-state index contributed by atoms with van der Waals surface area (Å²) in [5, 5.41) is 5.50. The van der Waals surface area contributed by atoms with E-state index in [1.54, 1.807) is 6.20 Å². The van der Waals surface area contributed by atoms with Crippen LogP contribution >= 0.6 is 35.4 Å². The van der Waals surface area contributed by atoms with E-state index in [1.165, 1.54) is 6.42 Å². The summed E-state index contributed by atoms with van der Waals surface area (Å²) in [4.78, 5) is 9.14. The molecule has 0 spiro atoms. The molecule has 6 rings (SSSR count). The van der Waals surface area contributed by atoms with Crippen LogP contribution in [0.5, 0.6) is 0 Å². The number of rotatable bonds is 5.